The number of fused-ring (bicyclic) bond motifs is 5. The lowest BCUT2D eigenvalue weighted by atomic mass is 9.83. The van der Waals surface area contributed by atoms with Gasteiger partial charge in [0.15, 0.2) is 11.7 Å². The van der Waals surface area contributed by atoms with Crippen molar-refractivity contribution in [1.29, 1.82) is 0 Å². The van der Waals surface area contributed by atoms with Crippen LogP contribution < -0.4 is 5.56 Å². The zero-order chi connectivity index (χ0) is 21.9. The highest BCUT2D eigenvalue weighted by Crippen LogP contribution is 2.41. The van der Waals surface area contributed by atoms with E-state index in [9.17, 15) is 19.8 Å². The monoisotopic (exact) mass is 421 g/mol. The highest BCUT2D eigenvalue weighted by Gasteiger charge is 2.48. The van der Waals surface area contributed by atoms with Crippen LogP contribution in [-0.4, -0.2) is 39.1 Å². The molecular formula is C22H19N3O6. The topological polar surface area (TPSA) is 123 Å². The van der Waals surface area contributed by atoms with Gasteiger partial charge in [0.1, 0.15) is 12.9 Å². The number of aromatic nitrogens is 2. The van der Waals surface area contributed by atoms with Crippen molar-refractivity contribution in [3.63, 3.8) is 0 Å². The lowest BCUT2D eigenvalue weighted by Gasteiger charge is -2.34. The first kappa shape index (κ1) is 19.3. The van der Waals surface area contributed by atoms with Gasteiger partial charge < -0.3 is 24.4 Å². The third-order valence-electron chi connectivity index (χ3n) is 5.94. The second-order valence-corrected chi connectivity index (χ2v) is 7.56. The Morgan fingerprint density at radius 3 is 2.94 bits per heavy atom. The highest BCUT2D eigenvalue weighted by molar-refractivity contribution is 5.90. The van der Waals surface area contributed by atoms with Crippen LogP contribution in [-0.2, 0) is 26.5 Å². The molecule has 0 amide bonds. The number of pyridine rings is 2. The largest absolute Gasteiger partial charge is 0.507 e. The van der Waals surface area contributed by atoms with Gasteiger partial charge in [-0.05, 0) is 30.7 Å². The van der Waals surface area contributed by atoms with Crippen molar-refractivity contribution in [3.05, 3.63) is 57.4 Å². The molecule has 2 aliphatic heterocycles. The number of benzene rings is 1. The van der Waals surface area contributed by atoms with Crippen molar-refractivity contribution >= 4 is 23.1 Å². The number of phenols is 1. The second kappa shape index (κ2) is 6.64. The van der Waals surface area contributed by atoms with Gasteiger partial charge in [0.25, 0.3) is 5.56 Å². The molecule has 0 bridgehead atoms. The molecule has 0 saturated heterocycles. The molecule has 31 heavy (non-hydrogen) atoms. The average Bonchev–Trinajstić information content (AvgIpc) is 3.12. The van der Waals surface area contributed by atoms with E-state index in [0.717, 1.165) is 5.56 Å². The van der Waals surface area contributed by atoms with Gasteiger partial charge in [-0.2, -0.15) is 0 Å². The Kier molecular flexibility index (Phi) is 4.13. The van der Waals surface area contributed by atoms with E-state index in [0.29, 0.717) is 22.3 Å². The van der Waals surface area contributed by atoms with Crippen LogP contribution in [0, 0.1) is 0 Å². The van der Waals surface area contributed by atoms with Gasteiger partial charge in [-0.1, -0.05) is 18.1 Å². The quantitative estimate of drug-likeness (QED) is 0.294. The number of hydrogen-bond donors (Lipinski definition) is 2. The first-order valence-corrected chi connectivity index (χ1v) is 9.79. The highest BCUT2D eigenvalue weighted by atomic mass is 16.6. The Hall–Kier alpha value is -3.72. The number of nitrogens with zero attached hydrogens (tertiary/aromatic N) is 3. The van der Waals surface area contributed by atoms with E-state index in [4.69, 9.17) is 4.74 Å². The van der Waals surface area contributed by atoms with Crippen LogP contribution in [0.5, 0.6) is 5.75 Å². The summed E-state index contributed by atoms with van der Waals surface area (Å²) in [5.41, 5.74) is 0.334. The first-order valence-electron chi connectivity index (χ1n) is 9.79. The molecule has 1 unspecified atom stereocenters. The maximum Gasteiger partial charge on any atom is 0.343 e. The maximum absolute atomic E-state index is 13.5. The van der Waals surface area contributed by atoms with E-state index in [1.165, 1.54) is 17.9 Å². The summed E-state index contributed by atoms with van der Waals surface area (Å²) < 4.78 is 6.86. The molecule has 0 fully saturated rings. The van der Waals surface area contributed by atoms with Crippen LogP contribution in [0.3, 0.4) is 0 Å². The van der Waals surface area contributed by atoms with Gasteiger partial charge in [-0.3, -0.25) is 4.79 Å². The molecule has 0 aliphatic carbocycles. The molecule has 2 aromatic heterocycles. The number of esters is 1. The van der Waals surface area contributed by atoms with E-state index in [-0.39, 0.29) is 29.8 Å². The molecule has 2 aliphatic rings. The summed E-state index contributed by atoms with van der Waals surface area (Å²) in [6, 6.07) is 8.47. The molecule has 9 heteroatoms. The molecular weight excluding hydrogens is 402 g/mol. The minimum atomic E-state index is -1.96. The summed E-state index contributed by atoms with van der Waals surface area (Å²) in [7, 11) is 1.34. The number of ether oxygens (including phenoxy) is 1. The third-order valence-corrected chi connectivity index (χ3v) is 5.94. The molecule has 3 aromatic rings. The number of rotatable bonds is 3. The molecule has 158 valence electrons. The minimum absolute atomic E-state index is 0.0295. The van der Waals surface area contributed by atoms with E-state index in [2.05, 4.69) is 15.0 Å². The number of oxime groups is 1. The standard InChI is InChI=1S/C22H19N3O6/c1-3-22(29)13-8-15-19-11(7-12-14(24-19)5-4-6-16(12)26)10-25(15)20(27)18(13)17(9-23-30-2)31-21(22)28/h4-9,17,26,29H,3,10H2,1-2H3/b23-9+/t17?,22-/m0/s1. The third kappa shape index (κ3) is 2.59. The normalized spacial score (nSPS) is 21.6. The molecule has 0 spiro atoms. The predicted molar refractivity (Wildman–Crippen MR) is 111 cm³/mol. The zero-order valence-corrected chi connectivity index (χ0v) is 16.8. The summed E-state index contributed by atoms with van der Waals surface area (Å²) >= 11 is 0. The van der Waals surface area contributed by atoms with Crippen molar-refractivity contribution in [1.82, 2.24) is 9.55 Å². The molecule has 2 N–H and O–H groups in total. The molecule has 0 radical (unpaired) electrons. The summed E-state index contributed by atoms with van der Waals surface area (Å²) in [5.74, 6) is -0.750. The Labute approximate surface area is 176 Å². The lowest BCUT2D eigenvalue weighted by molar-refractivity contribution is -0.173. The Morgan fingerprint density at radius 2 is 2.19 bits per heavy atom. The van der Waals surface area contributed by atoms with Crippen LogP contribution in [0.2, 0.25) is 0 Å². The number of aliphatic hydroxyl groups is 1. The Balaban J connectivity index is 1.80. The number of aromatic hydroxyl groups is 1. The van der Waals surface area contributed by atoms with Gasteiger partial charge >= 0.3 is 5.97 Å². The number of cyclic esters (lactones) is 1. The molecule has 0 saturated carbocycles. The van der Waals surface area contributed by atoms with Crippen molar-refractivity contribution in [2.75, 3.05) is 7.11 Å². The molecule has 5 rings (SSSR count). The SMILES string of the molecule is CC[C@@]1(O)C(=O)OC(/C=N/OC)c2c1cc1n(c2=O)Cc2cc3c(O)cccc3nc2-1. The molecule has 2 atom stereocenters. The fourth-order valence-electron chi connectivity index (χ4n) is 4.30. The second-order valence-electron chi connectivity index (χ2n) is 7.56. The molecule has 9 nitrogen and oxygen atoms in total. The maximum atomic E-state index is 13.5. The van der Waals surface area contributed by atoms with E-state index in [1.54, 1.807) is 37.3 Å². The lowest BCUT2D eigenvalue weighted by Crippen LogP contribution is -2.46. The summed E-state index contributed by atoms with van der Waals surface area (Å²) in [6.07, 6.45) is 0.161. The molecule has 1 aromatic carbocycles. The van der Waals surface area contributed by atoms with Gasteiger partial charge in [-0.15, -0.1) is 0 Å². The van der Waals surface area contributed by atoms with Crippen LogP contribution in [0.15, 0.2) is 40.3 Å². The van der Waals surface area contributed by atoms with Crippen LogP contribution in [0.1, 0.15) is 36.1 Å². The average molecular weight is 421 g/mol. The zero-order valence-electron chi connectivity index (χ0n) is 16.8. The van der Waals surface area contributed by atoms with Crippen molar-refractivity contribution in [3.8, 4) is 17.1 Å². The van der Waals surface area contributed by atoms with E-state index in [1.807, 2.05) is 0 Å². The Morgan fingerprint density at radius 1 is 1.39 bits per heavy atom. The van der Waals surface area contributed by atoms with Gasteiger partial charge in [0.05, 0.1) is 35.2 Å². The van der Waals surface area contributed by atoms with E-state index < -0.39 is 23.2 Å². The number of carbonyl (C=O) groups excluding carboxylic acids is 1. The van der Waals surface area contributed by atoms with Crippen molar-refractivity contribution < 1.29 is 24.6 Å². The van der Waals surface area contributed by atoms with Gasteiger partial charge in [-0.25, -0.2) is 9.78 Å². The minimum Gasteiger partial charge on any atom is -0.507 e. The summed E-state index contributed by atoms with van der Waals surface area (Å²) in [5, 5.41) is 25.5. The van der Waals surface area contributed by atoms with Crippen molar-refractivity contribution in [2.24, 2.45) is 5.16 Å². The first-order chi connectivity index (χ1) is 14.9. The fourth-order valence-corrected chi connectivity index (χ4v) is 4.30. The van der Waals surface area contributed by atoms with Crippen LogP contribution in [0.25, 0.3) is 22.3 Å². The Bertz CT molecular complexity index is 1350. The van der Waals surface area contributed by atoms with Crippen LogP contribution >= 0.6 is 0 Å². The van der Waals surface area contributed by atoms with Crippen LogP contribution in [0.4, 0.5) is 0 Å². The number of hydrogen-bond acceptors (Lipinski definition) is 8. The summed E-state index contributed by atoms with van der Waals surface area (Å²) in [6.45, 7) is 1.88. The van der Waals surface area contributed by atoms with E-state index >= 15 is 0 Å². The fraction of sp³-hybridized carbons (Fsp3) is 0.273. The van der Waals surface area contributed by atoms with Gasteiger partial charge in [0.2, 0.25) is 0 Å². The number of carbonyl (C=O) groups is 1. The van der Waals surface area contributed by atoms with Gasteiger partial charge in [0, 0.05) is 16.5 Å². The smallest absolute Gasteiger partial charge is 0.343 e. The number of phenolic OH excluding ortho intramolecular Hbond substituents is 1. The molecule has 4 heterocycles. The summed E-state index contributed by atoms with van der Waals surface area (Å²) in [4.78, 5) is 35.5. The predicted octanol–water partition coefficient (Wildman–Crippen LogP) is 1.96. The van der Waals surface area contributed by atoms with Crippen molar-refractivity contribution in [2.45, 2.75) is 31.6 Å².